The van der Waals surface area contributed by atoms with E-state index in [0.717, 1.165) is 57.2 Å². The zero-order valence-electron chi connectivity index (χ0n) is 18.9. The van der Waals surface area contributed by atoms with Crippen molar-refractivity contribution < 1.29 is 14.3 Å². The standard InChI is InChI=1S/C27H25N3O3S/c1-2-33-24(31)11-8-19-6-9-20(10-7-19)21-4-3-5-22(18-21)26-28-23-12-17-34-25(23)27(29-26)30-13-15-32-16-14-30/h3-12,17-18H,2,13-16H2,1H3. The zero-order chi connectivity index (χ0) is 23.3. The largest absolute Gasteiger partial charge is 0.463 e. The van der Waals surface area contributed by atoms with Gasteiger partial charge in [-0.2, -0.15) is 0 Å². The second-order valence-corrected chi connectivity index (χ2v) is 8.81. The summed E-state index contributed by atoms with van der Waals surface area (Å²) in [5.74, 6) is 1.38. The average molecular weight is 472 g/mol. The maximum absolute atomic E-state index is 11.5. The number of esters is 1. The number of aromatic nitrogens is 2. The number of carbonyl (C=O) groups excluding carboxylic acids is 1. The van der Waals surface area contributed by atoms with Crippen LogP contribution in [-0.2, 0) is 14.3 Å². The summed E-state index contributed by atoms with van der Waals surface area (Å²) in [6.07, 6.45) is 3.21. The number of carbonyl (C=O) groups is 1. The van der Waals surface area contributed by atoms with E-state index < -0.39 is 0 Å². The lowest BCUT2D eigenvalue weighted by Gasteiger charge is -2.28. The van der Waals surface area contributed by atoms with Crippen molar-refractivity contribution in [2.24, 2.45) is 0 Å². The first kappa shape index (κ1) is 22.3. The van der Waals surface area contributed by atoms with Gasteiger partial charge in [-0.05, 0) is 47.2 Å². The minimum Gasteiger partial charge on any atom is -0.463 e. The highest BCUT2D eigenvalue weighted by atomic mass is 32.1. The Morgan fingerprint density at radius 3 is 2.65 bits per heavy atom. The predicted molar refractivity (Wildman–Crippen MR) is 137 cm³/mol. The molecule has 2 aromatic heterocycles. The molecule has 2 aromatic carbocycles. The zero-order valence-corrected chi connectivity index (χ0v) is 19.8. The number of rotatable bonds is 6. The summed E-state index contributed by atoms with van der Waals surface area (Å²) < 4.78 is 11.6. The summed E-state index contributed by atoms with van der Waals surface area (Å²) >= 11 is 1.68. The summed E-state index contributed by atoms with van der Waals surface area (Å²) in [4.78, 5) is 23.7. The Labute approximate surface area is 202 Å². The van der Waals surface area contributed by atoms with Crippen LogP contribution in [0.5, 0.6) is 0 Å². The van der Waals surface area contributed by atoms with Gasteiger partial charge in [-0.3, -0.25) is 0 Å². The number of anilines is 1. The molecule has 1 aliphatic rings. The lowest BCUT2D eigenvalue weighted by Crippen LogP contribution is -2.36. The molecule has 0 amide bonds. The van der Waals surface area contributed by atoms with E-state index >= 15 is 0 Å². The normalized spacial score (nSPS) is 14.1. The molecule has 0 N–H and O–H groups in total. The number of thiophene rings is 1. The van der Waals surface area contributed by atoms with Gasteiger partial charge in [0.25, 0.3) is 0 Å². The van der Waals surface area contributed by atoms with Gasteiger partial charge in [0, 0.05) is 24.7 Å². The van der Waals surface area contributed by atoms with Gasteiger partial charge in [-0.25, -0.2) is 14.8 Å². The van der Waals surface area contributed by atoms with Crippen LogP contribution < -0.4 is 4.90 Å². The third-order valence-corrected chi connectivity index (χ3v) is 6.56. The summed E-state index contributed by atoms with van der Waals surface area (Å²) in [5, 5.41) is 2.07. The molecule has 0 radical (unpaired) electrons. The van der Waals surface area contributed by atoms with Crippen LogP contribution in [0.1, 0.15) is 12.5 Å². The highest BCUT2D eigenvalue weighted by Crippen LogP contribution is 2.33. The second-order valence-electron chi connectivity index (χ2n) is 7.89. The van der Waals surface area contributed by atoms with Crippen molar-refractivity contribution >= 4 is 39.4 Å². The van der Waals surface area contributed by atoms with E-state index in [1.165, 1.54) is 6.08 Å². The van der Waals surface area contributed by atoms with Gasteiger partial charge < -0.3 is 14.4 Å². The van der Waals surface area contributed by atoms with Crippen LogP contribution in [0.15, 0.2) is 66.1 Å². The maximum Gasteiger partial charge on any atom is 0.330 e. The number of benzene rings is 2. The summed E-state index contributed by atoms with van der Waals surface area (Å²) in [5.41, 5.74) is 5.06. The number of hydrogen-bond donors (Lipinski definition) is 0. The summed E-state index contributed by atoms with van der Waals surface area (Å²) in [6.45, 7) is 5.26. The van der Waals surface area contributed by atoms with Crippen molar-refractivity contribution in [1.82, 2.24) is 9.97 Å². The molecule has 5 rings (SSSR count). The van der Waals surface area contributed by atoms with Crippen molar-refractivity contribution in [1.29, 1.82) is 0 Å². The molecule has 0 unspecified atom stereocenters. The minimum absolute atomic E-state index is 0.335. The molecule has 0 bridgehead atoms. The van der Waals surface area contributed by atoms with E-state index in [2.05, 4.69) is 34.5 Å². The topological polar surface area (TPSA) is 64.5 Å². The predicted octanol–water partition coefficient (Wildman–Crippen LogP) is 5.44. The highest BCUT2D eigenvalue weighted by Gasteiger charge is 2.19. The van der Waals surface area contributed by atoms with E-state index in [0.29, 0.717) is 19.8 Å². The smallest absolute Gasteiger partial charge is 0.330 e. The van der Waals surface area contributed by atoms with E-state index in [9.17, 15) is 4.79 Å². The van der Waals surface area contributed by atoms with Crippen molar-refractivity contribution in [3.8, 4) is 22.5 Å². The minimum atomic E-state index is -0.335. The van der Waals surface area contributed by atoms with Gasteiger partial charge in [0.15, 0.2) is 11.6 Å². The molecule has 6 nitrogen and oxygen atoms in total. The van der Waals surface area contributed by atoms with Crippen LogP contribution in [0.2, 0.25) is 0 Å². The first-order valence-electron chi connectivity index (χ1n) is 11.3. The number of hydrogen-bond acceptors (Lipinski definition) is 7. The Hall–Kier alpha value is -3.55. The molecule has 4 aromatic rings. The van der Waals surface area contributed by atoms with Crippen molar-refractivity contribution in [3.05, 3.63) is 71.6 Å². The van der Waals surface area contributed by atoms with E-state index in [4.69, 9.17) is 19.4 Å². The van der Waals surface area contributed by atoms with Crippen molar-refractivity contribution in [3.63, 3.8) is 0 Å². The molecule has 172 valence electrons. The maximum atomic E-state index is 11.5. The Balaban J connectivity index is 1.44. The van der Waals surface area contributed by atoms with E-state index in [1.807, 2.05) is 30.3 Å². The Morgan fingerprint density at radius 1 is 1.06 bits per heavy atom. The fourth-order valence-corrected chi connectivity index (χ4v) is 4.79. The average Bonchev–Trinajstić information content (AvgIpc) is 3.37. The lowest BCUT2D eigenvalue weighted by molar-refractivity contribution is -0.137. The fourth-order valence-electron chi connectivity index (χ4n) is 3.95. The first-order chi connectivity index (χ1) is 16.7. The molecule has 7 heteroatoms. The highest BCUT2D eigenvalue weighted by molar-refractivity contribution is 7.17. The van der Waals surface area contributed by atoms with E-state index in [-0.39, 0.29) is 5.97 Å². The summed E-state index contributed by atoms with van der Waals surface area (Å²) in [7, 11) is 0. The van der Waals surface area contributed by atoms with Gasteiger partial charge in [0.05, 0.1) is 30.0 Å². The van der Waals surface area contributed by atoms with Crippen LogP contribution in [-0.4, -0.2) is 48.8 Å². The third kappa shape index (κ3) is 4.85. The van der Waals surface area contributed by atoms with Crippen molar-refractivity contribution in [2.45, 2.75) is 6.92 Å². The first-order valence-corrected chi connectivity index (χ1v) is 12.2. The molecule has 34 heavy (non-hydrogen) atoms. The van der Waals surface area contributed by atoms with Crippen LogP contribution >= 0.6 is 11.3 Å². The number of ether oxygens (including phenoxy) is 2. The molecule has 0 spiro atoms. The van der Waals surface area contributed by atoms with Gasteiger partial charge in [0.2, 0.25) is 0 Å². The van der Waals surface area contributed by atoms with Crippen LogP contribution in [0.4, 0.5) is 5.82 Å². The molecule has 0 saturated carbocycles. The molecular formula is C27H25N3O3S. The molecule has 3 heterocycles. The fraction of sp³-hybridized carbons (Fsp3) is 0.222. The number of morpholine rings is 1. The molecule has 0 aliphatic carbocycles. The van der Waals surface area contributed by atoms with Gasteiger partial charge in [-0.1, -0.05) is 42.5 Å². The Morgan fingerprint density at radius 2 is 1.85 bits per heavy atom. The molecular weight excluding hydrogens is 446 g/mol. The monoisotopic (exact) mass is 471 g/mol. The van der Waals surface area contributed by atoms with Gasteiger partial charge in [-0.15, -0.1) is 11.3 Å². The summed E-state index contributed by atoms with van der Waals surface area (Å²) in [6, 6.07) is 18.4. The second kappa shape index (κ2) is 10.2. The molecule has 0 atom stereocenters. The number of nitrogens with zero attached hydrogens (tertiary/aromatic N) is 3. The van der Waals surface area contributed by atoms with Crippen molar-refractivity contribution in [2.75, 3.05) is 37.8 Å². The Bertz CT molecular complexity index is 1320. The molecule has 1 fully saturated rings. The Kier molecular flexibility index (Phi) is 6.65. The van der Waals surface area contributed by atoms with Crippen LogP contribution in [0.3, 0.4) is 0 Å². The van der Waals surface area contributed by atoms with E-state index in [1.54, 1.807) is 24.3 Å². The molecule has 1 saturated heterocycles. The SMILES string of the molecule is CCOC(=O)C=Cc1ccc(-c2cccc(-c3nc(N4CCOCC4)c4sccc4n3)c2)cc1. The van der Waals surface area contributed by atoms with Crippen LogP contribution in [0.25, 0.3) is 38.8 Å². The lowest BCUT2D eigenvalue weighted by atomic mass is 10.0. The van der Waals surface area contributed by atoms with Gasteiger partial charge in [0.1, 0.15) is 0 Å². The number of fused-ring (bicyclic) bond motifs is 1. The molecule has 1 aliphatic heterocycles. The van der Waals surface area contributed by atoms with Crippen LogP contribution in [0, 0.1) is 0 Å². The third-order valence-electron chi connectivity index (χ3n) is 5.66. The van der Waals surface area contributed by atoms with Gasteiger partial charge >= 0.3 is 5.97 Å². The quantitative estimate of drug-likeness (QED) is 0.276.